The van der Waals surface area contributed by atoms with Crippen molar-refractivity contribution in [1.82, 2.24) is 9.80 Å². The van der Waals surface area contributed by atoms with Crippen molar-refractivity contribution in [2.24, 2.45) is 0 Å². The summed E-state index contributed by atoms with van der Waals surface area (Å²) in [6.07, 6.45) is 1.75. The Morgan fingerprint density at radius 1 is 1.23 bits per heavy atom. The standard InChI is InChI=1S/C10H16N2O/c1-4-9(2)11-5-7-12(8-6-11)10(3)13/h4H,1-2,5-8H2,3H3. The van der Waals surface area contributed by atoms with E-state index in [1.807, 2.05) is 4.90 Å². The molecule has 3 nitrogen and oxygen atoms in total. The first-order chi connectivity index (χ1) is 6.15. The van der Waals surface area contributed by atoms with Crippen molar-refractivity contribution in [2.45, 2.75) is 6.92 Å². The van der Waals surface area contributed by atoms with Gasteiger partial charge in [-0.15, -0.1) is 0 Å². The fourth-order valence-electron chi connectivity index (χ4n) is 1.44. The summed E-state index contributed by atoms with van der Waals surface area (Å²) < 4.78 is 0. The lowest BCUT2D eigenvalue weighted by Crippen LogP contribution is -2.47. The van der Waals surface area contributed by atoms with E-state index in [4.69, 9.17) is 0 Å². The number of nitrogens with zero attached hydrogens (tertiary/aromatic N) is 2. The van der Waals surface area contributed by atoms with E-state index in [2.05, 4.69) is 18.1 Å². The van der Waals surface area contributed by atoms with E-state index in [0.717, 1.165) is 31.9 Å². The van der Waals surface area contributed by atoms with Gasteiger partial charge in [-0.3, -0.25) is 4.79 Å². The molecule has 0 aromatic carbocycles. The number of rotatable bonds is 2. The van der Waals surface area contributed by atoms with Crippen molar-refractivity contribution in [2.75, 3.05) is 26.2 Å². The zero-order chi connectivity index (χ0) is 9.84. The fraction of sp³-hybridized carbons (Fsp3) is 0.500. The van der Waals surface area contributed by atoms with Crippen LogP contribution in [0.2, 0.25) is 0 Å². The van der Waals surface area contributed by atoms with Gasteiger partial charge >= 0.3 is 0 Å². The summed E-state index contributed by atoms with van der Waals surface area (Å²) in [5.74, 6) is 0.156. The predicted molar refractivity (Wildman–Crippen MR) is 53.2 cm³/mol. The highest BCUT2D eigenvalue weighted by Gasteiger charge is 2.17. The molecule has 13 heavy (non-hydrogen) atoms. The molecule has 0 atom stereocenters. The quantitative estimate of drug-likeness (QED) is 0.588. The van der Waals surface area contributed by atoms with Crippen LogP contribution >= 0.6 is 0 Å². The van der Waals surface area contributed by atoms with E-state index in [0.29, 0.717) is 0 Å². The first-order valence-electron chi connectivity index (χ1n) is 4.47. The molecular weight excluding hydrogens is 164 g/mol. The highest BCUT2D eigenvalue weighted by Crippen LogP contribution is 2.08. The third-order valence-corrected chi connectivity index (χ3v) is 2.37. The zero-order valence-electron chi connectivity index (χ0n) is 8.12. The Kier molecular flexibility index (Phi) is 3.12. The van der Waals surface area contributed by atoms with E-state index in [9.17, 15) is 4.79 Å². The maximum atomic E-state index is 11.0. The Balaban J connectivity index is 2.43. The molecule has 0 unspecified atom stereocenters. The van der Waals surface area contributed by atoms with E-state index in [1.165, 1.54) is 0 Å². The van der Waals surface area contributed by atoms with Crippen LogP contribution in [0.3, 0.4) is 0 Å². The molecule has 1 aliphatic rings. The van der Waals surface area contributed by atoms with E-state index >= 15 is 0 Å². The van der Waals surface area contributed by atoms with Crippen LogP contribution in [0, 0.1) is 0 Å². The van der Waals surface area contributed by atoms with Gasteiger partial charge in [-0.1, -0.05) is 13.2 Å². The lowest BCUT2D eigenvalue weighted by molar-refractivity contribution is -0.130. The summed E-state index contributed by atoms with van der Waals surface area (Å²) >= 11 is 0. The van der Waals surface area contributed by atoms with Crippen molar-refractivity contribution >= 4 is 5.91 Å². The molecule has 1 amide bonds. The molecule has 0 aromatic rings. The topological polar surface area (TPSA) is 23.6 Å². The lowest BCUT2D eigenvalue weighted by atomic mass is 10.3. The molecule has 1 fully saturated rings. The minimum absolute atomic E-state index is 0.156. The molecule has 0 aliphatic carbocycles. The van der Waals surface area contributed by atoms with Gasteiger partial charge in [-0.25, -0.2) is 0 Å². The molecule has 1 saturated heterocycles. The van der Waals surface area contributed by atoms with Crippen LogP contribution in [-0.4, -0.2) is 41.9 Å². The van der Waals surface area contributed by atoms with E-state index in [-0.39, 0.29) is 5.91 Å². The molecule has 0 bridgehead atoms. The van der Waals surface area contributed by atoms with Crippen LogP contribution in [0.5, 0.6) is 0 Å². The molecule has 0 saturated carbocycles. The summed E-state index contributed by atoms with van der Waals surface area (Å²) in [5, 5.41) is 0. The molecule has 3 heteroatoms. The first kappa shape index (κ1) is 9.84. The van der Waals surface area contributed by atoms with E-state index in [1.54, 1.807) is 13.0 Å². The minimum atomic E-state index is 0.156. The number of carbonyl (C=O) groups is 1. The van der Waals surface area contributed by atoms with Gasteiger partial charge in [0.2, 0.25) is 5.91 Å². The third kappa shape index (κ3) is 2.34. The Bertz CT molecular complexity index is 227. The average Bonchev–Trinajstić information content (AvgIpc) is 2.17. The molecule has 1 heterocycles. The van der Waals surface area contributed by atoms with Crippen LogP contribution < -0.4 is 0 Å². The van der Waals surface area contributed by atoms with Gasteiger partial charge in [-0.05, 0) is 6.08 Å². The van der Waals surface area contributed by atoms with Gasteiger partial charge in [0.05, 0.1) is 0 Å². The molecule has 1 rings (SSSR count). The Labute approximate surface area is 79.3 Å². The number of amides is 1. The normalized spacial score (nSPS) is 17.0. The SMILES string of the molecule is C=CC(=C)N1CCN(C(C)=O)CC1. The second-order valence-electron chi connectivity index (χ2n) is 3.19. The van der Waals surface area contributed by atoms with Crippen molar-refractivity contribution in [3.8, 4) is 0 Å². The maximum Gasteiger partial charge on any atom is 0.219 e. The van der Waals surface area contributed by atoms with Crippen LogP contribution in [-0.2, 0) is 4.79 Å². The number of piperazine rings is 1. The van der Waals surface area contributed by atoms with Gasteiger partial charge in [0.1, 0.15) is 0 Å². The highest BCUT2D eigenvalue weighted by molar-refractivity contribution is 5.73. The molecule has 0 spiro atoms. The molecule has 0 radical (unpaired) electrons. The second kappa shape index (κ2) is 4.12. The predicted octanol–water partition coefficient (Wildman–Crippen LogP) is 0.850. The highest BCUT2D eigenvalue weighted by atomic mass is 16.2. The fourth-order valence-corrected chi connectivity index (χ4v) is 1.44. The van der Waals surface area contributed by atoms with Gasteiger partial charge in [0, 0.05) is 38.8 Å². The summed E-state index contributed by atoms with van der Waals surface area (Å²) in [5.41, 5.74) is 0.947. The average molecular weight is 180 g/mol. The Hall–Kier alpha value is -1.25. The summed E-state index contributed by atoms with van der Waals surface area (Å²) in [4.78, 5) is 15.0. The summed E-state index contributed by atoms with van der Waals surface area (Å²) in [6.45, 7) is 12.5. The van der Waals surface area contributed by atoms with Gasteiger partial charge in [0.25, 0.3) is 0 Å². The second-order valence-corrected chi connectivity index (χ2v) is 3.19. The largest absolute Gasteiger partial charge is 0.368 e. The maximum absolute atomic E-state index is 11.0. The van der Waals surface area contributed by atoms with Gasteiger partial charge in [0.15, 0.2) is 0 Å². The number of hydrogen-bond acceptors (Lipinski definition) is 2. The summed E-state index contributed by atoms with van der Waals surface area (Å²) in [6, 6.07) is 0. The Morgan fingerprint density at radius 3 is 2.08 bits per heavy atom. The van der Waals surface area contributed by atoms with Gasteiger partial charge in [-0.2, -0.15) is 0 Å². The molecule has 0 aromatic heterocycles. The van der Waals surface area contributed by atoms with Crippen molar-refractivity contribution in [3.05, 3.63) is 24.9 Å². The van der Waals surface area contributed by atoms with Gasteiger partial charge < -0.3 is 9.80 Å². The van der Waals surface area contributed by atoms with Crippen molar-refractivity contribution in [3.63, 3.8) is 0 Å². The molecule has 1 aliphatic heterocycles. The number of hydrogen-bond donors (Lipinski definition) is 0. The first-order valence-corrected chi connectivity index (χ1v) is 4.47. The van der Waals surface area contributed by atoms with Crippen LogP contribution in [0.15, 0.2) is 24.9 Å². The Morgan fingerprint density at radius 2 is 1.69 bits per heavy atom. The number of allylic oxidation sites excluding steroid dienone is 1. The lowest BCUT2D eigenvalue weighted by Gasteiger charge is -2.35. The van der Waals surface area contributed by atoms with Crippen LogP contribution in [0.25, 0.3) is 0 Å². The molecule has 0 N–H and O–H groups in total. The van der Waals surface area contributed by atoms with E-state index < -0.39 is 0 Å². The minimum Gasteiger partial charge on any atom is -0.368 e. The van der Waals surface area contributed by atoms with Crippen molar-refractivity contribution < 1.29 is 4.79 Å². The molecular formula is C10H16N2O. The molecule has 72 valence electrons. The van der Waals surface area contributed by atoms with Crippen LogP contribution in [0.4, 0.5) is 0 Å². The smallest absolute Gasteiger partial charge is 0.219 e. The number of carbonyl (C=O) groups excluding carboxylic acids is 1. The van der Waals surface area contributed by atoms with Crippen molar-refractivity contribution in [1.29, 1.82) is 0 Å². The van der Waals surface area contributed by atoms with Crippen LogP contribution in [0.1, 0.15) is 6.92 Å². The zero-order valence-corrected chi connectivity index (χ0v) is 8.12. The third-order valence-electron chi connectivity index (χ3n) is 2.37. The monoisotopic (exact) mass is 180 g/mol. The summed E-state index contributed by atoms with van der Waals surface area (Å²) in [7, 11) is 0.